The SMILES string of the molecule is CCC(=O)N[C@H](C)c1ccc(-n2cccc2)cc1. The number of aromatic nitrogens is 1. The topological polar surface area (TPSA) is 34.0 Å². The number of rotatable bonds is 4. The van der Waals surface area contributed by atoms with Crippen LogP contribution in [-0.4, -0.2) is 10.5 Å². The second-order valence-electron chi connectivity index (χ2n) is 4.32. The van der Waals surface area contributed by atoms with Gasteiger partial charge in [0.2, 0.25) is 5.91 Å². The third-order valence-electron chi connectivity index (χ3n) is 2.99. The Labute approximate surface area is 107 Å². The van der Waals surface area contributed by atoms with Gasteiger partial charge >= 0.3 is 0 Å². The zero-order valence-corrected chi connectivity index (χ0v) is 10.8. The molecule has 1 aromatic heterocycles. The molecule has 0 aliphatic carbocycles. The molecule has 0 aliphatic heterocycles. The number of carbonyl (C=O) groups is 1. The third kappa shape index (κ3) is 2.80. The number of benzene rings is 1. The first kappa shape index (κ1) is 12.4. The van der Waals surface area contributed by atoms with E-state index in [0.29, 0.717) is 6.42 Å². The summed E-state index contributed by atoms with van der Waals surface area (Å²) in [5, 5.41) is 2.95. The van der Waals surface area contributed by atoms with Gasteiger partial charge in [-0.25, -0.2) is 0 Å². The monoisotopic (exact) mass is 242 g/mol. The lowest BCUT2D eigenvalue weighted by Gasteiger charge is -2.14. The molecule has 1 N–H and O–H groups in total. The largest absolute Gasteiger partial charge is 0.350 e. The van der Waals surface area contributed by atoms with E-state index in [2.05, 4.69) is 34.1 Å². The molecule has 3 nitrogen and oxygen atoms in total. The molecule has 94 valence electrons. The van der Waals surface area contributed by atoms with Crippen LogP contribution in [0, 0.1) is 0 Å². The molecule has 2 rings (SSSR count). The van der Waals surface area contributed by atoms with Crippen LogP contribution in [0.1, 0.15) is 31.9 Å². The zero-order chi connectivity index (χ0) is 13.0. The van der Waals surface area contributed by atoms with E-state index in [0.717, 1.165) is 11.3 Å². The summed E-state index contributed by atoms with van der Waals surface area (Å²) in [5.74, 6) is 0.0805. The van der Waals surface area contributed by atoms with Gasteiger partial charge in [0.25, 0.3) is 0 Å². The molecule has 18 heavy (non-hydrogen) atoms. The fraction of sp³-hybridized carbons (Fsp3) is 0.267. The predicted octanol–water partition coefficient (Wildman–Crippen LogP) is 3.06. The number of nitrogens with one attached hydrogen (secondary N) is 1. The van der Waals surface area contributed by atoms with Gasteiger partial charge < -0.3 is 9.88 Å². The molecule has 2 aromatic rings. The minimum Gasteiger partial charge on any atom is -0.350 e. The highest BCUT2D eigenvalue weighted by atomic mass is 16.1. The smallest absolute Gasteiger partial charge is 0.220 e. The Morgan fingerprint density at radius 3 is 2.39 bits per heavy atom. The molecule has 1 amide bonds. The molecule has 0 saturated carbocycles. The van der Waals surface area contributed by atoms with E-state index < -0.39 is 0 Å². The van der Waals surface area contributed by atoms with E-state index in [4.69, 9.17) is 0 Å². The molecule has 1 aromatic carbocycles. The van der Waals surface area contributed by atoms with Gasteiger partial charge in [0.05, 0.1) is 6.04 Å². The lowest BCUT2D eigenvalue weighted by atomic mass is 10.1. The van der Waals surface area contributed by atoms with Crippen LogP contribution in [0.3, 0.4) is 0 Å². The first-order chi connectivity index (χ1) is 8.70. The quantitative estimate of drug-likeness (QED) is 0.878. The summed E-state index contributed by atoms with van der Waals surface area (Å²) < 4.78 is 2.05. The van der Waals surface area contributed by atoms with Crippen molar-refractivity contribution in [1.82, 2.24) is 9.88 Å². The van der Waals surface area contributed by atoms with Crippen LogP contribution in [0.2, 0.25) is 0 Å². The van der Waals surface area contributed by atoms with Gasteiger partial charge in [0.15, 0.2) is 0 Å². The average Bonchev–Trinajstić information content (AvgIpc) is 2.92. The number of carbonyl (C=O) groups excluding carboxylic acids is 1. The zero-order valence-electron chi connectivity index (χ0n) is 10.8. The summed E-state index contributed by atoms with van der Waals surface area (Å²) in [6.45, 7) is 3.86. The van der Waals surface area contributed by atoms with Crippen molar-refractivity contribution in [3.63, 3.8) is 0 Å². The normalized spacial score (nSPS) is 12.1. The molecule has 0 saturated heterocycles. The molecule has 0 bridgehead atoms. The van der Waals surface area contributed by atoms with E-state index in [1.807, 2.05) is 38.4 Å². The highest BCUT2D eigenvalue weighted by Gasteiger charge is 2.07. The standard InChI is InChI=1S/C15H18N2O/c1-3-15(18)16-12(2)13-6-8-14(9-7-13)17-10-4-5-11-17/h4-12H,3H2,1-2H3,(H,16,18)/t12-/m1/s1. The summed E-state index contributed by atoms with van der Waals surface area (Å²) >= 11 is 0. The fourth-order valence-corrected chi connectivity index (χ4v) is 1.87. The number of nitrogens with zero attached hydrogens (tertiary/aromatic N) is 1. The molecule has 1 heterocycles. The number of amides is 1. The van der Waals surface area contributed by atoms with Crippen molar-refractivity contribution in [2.45, 2.75) is 26.3 Å². The van der Waals surface area contributed by atoms with Crippen LogP contribution < -0.4 is 5.32 Å². The van der Waals surface area contributed by atoms with E-state index in [-0.39, 0.29) is 11.9 Å². The van der Waals surface area contributed by atoms with Crippen LogP contribution in [0.4, 0.5) is 0 Å². The van der Waals surface area contributed by atoms with Crippen molar-refractivity contribution in [2.75, 3.05) is 0 Å². The van der Waals surface area contributed by atoms with Crippen molar-refractivity contribution in [2.24, 2.45) is 0 Å². The van der Waals surface area contributed by atoms with Crippen molar-refractivity contribution in [1.29, 1.82) is 0 Å². The highest BCUT2D eigenvalue weighted by molar-refractivity contribution is 5.76. The summed E-state index contributed by atoms with van der Waals surface area (Å²) in [7, 11) is 0. The summed E-state index contributed by atoms with van der Waals surface area (Å²) in [6, 6.07) is 12.3. The molecule has 3 heteroatoms. The highest BCUT2D eigenvalue weighted by Crippen LogP contribution is 2.15. The maximum atomic E-state index is 11.3. The van der Waals surface area contributed by atoms with Crippen molar-refractivity contribution < 1.29 is 4.79 Å². The molecule has 1 atom stereocenters. The summed E-state index contributed by atoms with van der Waals surface area (Å²) in [5.41, 5.74) is 2.24. The molecule has 0 radical (unpaired) electrons. The number of hydrogen-bond donors (Lipinski definition) is 1. The molecule has 0 spiro atoms. The Morgan fingerprint density at radius 1 is 1.22 bits per heavy atom. The van der Waals surface area contributed by atoms with Gasteiger partial charge in [-0.3, -0.25) is 4.79 Å². The fourth-order valence-electron chi connectivity index (χ4n) is 1.87. The Bertz CT molecular complexity index is 500. The maximum absolute atomic E-state index is 11.3. The Balaban J connectivity index is 2.10. The predicted molar refractivity (Wildman–Crippen MR) is 72.6 cm³/mol. The third-order valence-corrected chi connectivity index (χ3v) is 2.99. The lowest BCUT2D eigenvalue weighted by molar-refractivity contribution is -0.121. The Hall–Kier alpha value is -2.03. The molecule has 0 aliphatic rings. The minimum absolute atomic E-state index is 0.0520. The van der Waals surface area contributed by atoms with Crippen LogP contribution >= 0.6 is 0 Å². The van der Waals surface area contributed by atoms with Crippen molar-refractivity contribution >= 4 is 5.91 Å². The number of hydrogen-bond acceptors (Lipinski definition) is 1. The molecule has 0 unspecified atom stereocenters. The van der Waals surface area contributed by atoms with Gasteiger partial charge in [0.1, 0.15) is 0 Å². The van der Waals surface area contributed by atoms with Gasteiger partial charge in [-0.05, 0) is 36.8 Å². The van der Waals surface area contributed by atoms with Crippen molar-refractivity contribution in [3.05, 3.63) is 54.4 Å². The first-order valence-electron chi connectivity index (χ1n) is 6.23. The van der Waals surface area contributed by atoms with E-state index in [9.17, 15) is 4.79 Å². The summed E-state index contributed by atoms with van der Waals surface area (Å²) in [4.78, 5) is 11.3. The second-order valence-corrected chi connectivity index (χ2v) is 4.32. The Morgan fingerprint density at radius 2 is 1.83 bits per heavy atom. The van der Waals surface area contributed by atoms with Crippen LogP contribution in [0.25, 0.3) is 5.69 Å². The summed E-state index contributed by atoms with van der Waals surface area (Å²) in [6.07, 6.45) is 4.54. The van der Waals surface area contributed by atoms with Gasteiger partial charge in [-0.2, -0.15) is 0 Å². The van der Waals surface area contributed by atoms with E-state index in [1.165, 1.54) is 0 Å². The van der Waals surface area contributed by atoms with Gasteiger partial charge in [-0.1, -0.05) is 19.1 Å². The molecular formula is C15H18N2O. The van der Waals surface area contributed by atoms with Crippen LogP contribution in [0.15, 0.2) is 48.8 Å². The lowest BCUT2D eigenvalue weighted by Crippen LogP contribution is -2.25. The van der Waals surface area contributed by atoms with E-state index in [1.54, 1.807) is 0 Å². The van der Waals surface area contributed by atoms with E-state index >= 15 is 0 Å². The second kappa shape index (κ2) is 5.54. The van der Waals surface area contributed by atoms with Gasteiger partial charge in [0, 0.05) is 24.5 Å². The molecule has 0 fully saturated rings. The average molecular weight is 242 g/mol. The van der Waals surface area contributed by atoms with Crippen molar-refractivity contribution in [3.8, 4) is 5.69 Å². The first-order valence-corrected chi connectivity index (χ1v) is 6.23. The Kier molecular flexibility index (Phi) is 3.82. The minimum atomic E-state index is 0.0520. The maximum Gasteiger partial charge on any atom is 0.220 e. The van der Waals surface area contributed by atoms with Gasteiger partial charge in [-0.15, -0.1) is 0 Å². The van der Waals surface area contributed by atoms with Crippen LogP contribution in [0.5, 0.6) is 0 Å². The van der Waals surface area contributed by atoms with Crippen LogP contribution in [-0.2, 0) is 4.79 Å². The molecular weight excluding hydrogens is 224 g/mol.